The van der Waals surface area contributed by atoms with Gasteiger partial charge in [0.1, 0.15) is 5.82 Å². The van der Waals surface area contributed by atoms with Crippen LogP contribution in [0.5, 0.6) is 0 Å². The van der Waals surface area contributed by atoms with Gasteiger partial charge in [-0.3, -0.25) is 0 Å². The molecule has 202 valence electrons. The summed E-state index contributed by atoms with van der Waals surface area (Å²) in [6, 6.07) is 16.0. The third kappa shape index (κ3) is 6.98. The van der Waals surface area contributed by atoms with Gasteiger partial charge in [0.15, 0.2) is 11.6 Å². The number of rotatable bonds is 11. The second-order valence-electron chi connectivity index (χ2n) is 10.9. The molecule has 0 heterocycles. The molecule has 0 aromatic heterocycles. The van der Waals surface area contributed by atoms with Crippen LogP contribution in [0.3, 0.4) is 0 Å². The van der Waals surface area contributed by atoms with Crippen LogP contribution < -0.4 is 0 Å². The van der Waals surface area contributed by atoms with Gasteiger partial charge in [-0.25, -0.2) is 13.2 Å². The Kier molecular flexibility index (Phi) is 10.3. The smallest absolute Gasteiger partial charge is 0.166 e. The fourth-order valence-corrected chi connectivity index (χ4v) is 5.78. The molecule has 0 saturated heterocycles. The second-order valence-corrected chi connectivity index (χ2v) is 10.9. The first kappa shape index (κ1) is 28.2. The summed E-state index contributed by atoms with van der Waals surface area (Å²) in [5.74, 6) is -0.596. The van der Waals surface area contributed by atoms with Crippen molar-refractivity contribution in [1.29, 1.82) is 0 Å². The Labute approximate surface area is 227 Å². The number of benzene rings is 3. The number of allylic oxidation sites excluding steroid dienone is 2. The molecule has 1 fully saturated rings. The van der Waals surface area contributed by atoms with E-state index in [1.165, 1.54) is 38.5 Å². The van der Waals surface area contributed by atoms with Crippen molar-refractivity contribution in [3.05, 3.63) is 95.3 Å². The molecule has 0 nitrogen and oxygen atoms in total. The summed E-state index contributed by atoms with van der Waals surface area (Å²) in [6.07, 6.45) is 16.2. The second kappa shape index (κ2) is 13.8. The maximum atomic E-state index is 15.2. The van der Waals surface area contributed by atoms with Crippen LogP contribution >= 0.6 is 0 Å². The predicted octanol–water partition coefficient (Wildman–Crippen LogP) is 11.2. The standard InChI is InChI=1S/C35H41F3/c1-3-5-7-9-11-29-20-23-32(35(38)34(29)37)28-18-16-27(17-19-28)31-22-21-30(24-33(31)36)26-14-12-25(13-15-26)10-8-6-4-2/h7,9,16-26H,3-6,8,10-15H2,1-2H3. The topological polar surface area (TPSA) is 0 Å². The first-order valence-electron chi connectivity index (χ1n) is 14.5. The van der Waals surface area contributed by atoms with Crippen LogP contribution in [0.1, 0.15) is 95.1 Å². The summed E-state index contributed by atoms with van der Waals surface area (Å²) in [4.78, 5) is 0. The minimum atomic E-state index is -0.838. The normalized spacial score (nSPS) is 17.8. The van der Waals surface area contributed by atoms with Crippen molar-refractivity contribution >= 4 is 0 Å². The summed E-state index contributed by atoms with van der Waals surface area (Å²) >= 11 is 0. The molecular formula is C35H41F3. The Morgan fingerprint density at radius 1 is 0.711 bits per heavy atom. The molecule has 0 N–H and O–H groups in total. The lowest BCUT2D eigenvalue weighted by atomic mass is 9.77. The van der Waals surface area contributed by atoms with Gasteiger partial charge in [0.05, 0.1) is 0 Å². The first-order valence-corrected chi connectivity index (χ1v) is 14.5. The first-order chi connectivity index (χ1) is 18.5. The quantitative estimate of drug-likeness (QED) is 0.175. The lowest BCUT2D eigenvalue weighted by Crippen LogP contribution is -2.13. The van der Waals surface area contributed by atoms with E-state index in [4.69, 9.17) is 0 Å². The molecule has 3 aromatic rings. The maximum absolute atomic E-state index is 15.2. The highest BCUT2D eigenvalue weighted by Crippen LogP contribution is 2.39. The van der Waals surface area contributed by atoms with E-state index >= 15 is 4.39 Å². The van der Waals surface area contributed by atoms with Crippen LogP contribution in [0.15, 0.2) is 66.7 Å². The minimum absolute atomic E-state index is 0.219. The largest absolute Gasteiger partial charge is 0.206 e. The van der Waals surface area contributed by atoms with E-state index in [1.807, 2.05) is 18.2 Å². The molecule has 0 spiro atoms. The molecule has 0 aliphatic heterocycles. The maximum Gasteiger partial charge on any atom is 0.166 e. The van der Waals surface area contributed by atoms with Gasteiger partial charge < -0.3 is 0 Å². The van der Waals surface area contributed by atoms with Gasteiger partial charge >= 0.3 is 0 Å². The fraction of sp³-hybridized carbons (Fsp3) is 0.429. The average molecular weight is 519 g/mol. The molecule has 0 radical (unpaired) electrons. The van der Waals surface area contributed by atoms with E-state index < -0.39 is 11.6 Å². The molecular weight excluding hydrogens is 477 g/mol. The Bertz CT molecular complexity index is 1200. The molecule has 1 saturated carbocycles. The molecule has 1 aliphatic rings. The SMILES string of the molecule is CCCC=CCc1ccc(-c2ccc(-c3ccc(C4CCC(CCCCC)CC4)cc3F)cc2)c(F)c1F. The molecule has 3 heteroatoms. The predicted molar refractivity (Wildman–Crippen MR) is 154 cm³/mol. The van der Waals surface area contributed by atoms with E-state index in [2.05, 4.69) is 19.9 Å². The average Bonchev–Trinajstić information content (AvgIpc) is 2.94. The van der Waals surface area contributed by atoms with Crippen LogP contribution in [0.25, 0.3) is 22.3 Å². The summed E-state index contributed by atoms with van der Waals surface area (Å²) in [7, 11) is 0. The Morgan fingerprint density at radius 2 is 1.39 bits per heavy atom. The monoisotopic (exact) mass is 518 g/mol. The van der Waals surface area contributed by atoms with E-state index in [0.29, 0.717) is 29.0 Å². The van der Waals surface area contributed by atoms with Gasteiger partial charge in [0.25, 0.3) is 0 Å². The van der Waals surface area contributed by atoms with Crippen LogP contribution in [0.2, 0.25) is 0 Å². The molecule has 0 amide bonds. The third-order valence-corrected chi connectivity index (χ3v) is 8.16. The number of halogens is 3. The molecule has 3 aromatic carbocycles. The van der Waals surface area contributed by atoms with Crippen LogP contribution in [0, 0.1) is 23.4 Å². The van der Waals surface area contributed by atoms with E-state index in [1.54, 1.807) is 42.5 Å². The van der Waals surface area contributed by atoms with Crippen molar-refractivity contribution in [2.24, 2.45) is 5.92 Å². The lowest BCUT2D eigenvalue weighted by molar-refractivity contribution is 0.302. The highest BCUT2D eigenvalue weighted by Gasteiger charge is 2.23. The number of hydrogen-bond acceptors (Lipinski definition) is 0. The van der Waals surface area contributed by atoms with Gasteiger partial charge in [0, 0.05) is 11.1 Å². The molecule has 4 rings (SSSR count). The van der Waals surface area contributed by atoms with Crippen molar-refractivity contribution < 1.29 is 13.2 Å². The fourth-order valence-electron chi connectivity index (χ4n) is 5.78. The van der Waals surface area contributed by atoms with Crippen molar-refractivity contribution in [3.63, 3.8) is 0 Å². The molecule has 0 atom stereocenters. The summed E-state index contributed by atoms with van der Waals surface area (Å²) in [5, 5.41) is 0. The lowest BCUT2D eigenvalue weighted by Gasteiger charge is -2.29. The number of hydrogen-bond donors (Lipinski definition) is 0. The highest BCUT2D eigenvalue weighted by atomic mass is 19.2. The van der Waals surface area contributed by atoms with Crippen molar-refractivity contribution in [2.75, 3.05) is 0 Å². The van der Waals surface area contributed by atoms with Gasteiger partial charge in [-0.15, -0.1) is 0 Å². The zero-order valence-corrected chi connectivity index (χ0v) is 22.9. The van der Waals surface area contributed by atoms with Crippen molar-refractivity contribution in [2.45, 2.75) is 90.4 Å². The van der Waals surface area contributed by atoms with Crippen LogP contribution in [-0.4, -0.2) is 0 Å². The van der Waals surface area contributed by atoms with E-state index in [0.717, 1.165) is 42.7 Å². The Hall–Kier alpha value is -2.81. The van der Waals surface area contributed by atoms with E-state index in [9.17, 15) is 8.78 Å². The zero-order chi connectivity index (χ0) is 26.9. The Morgan fingerprint density at radius 3 is 2.05 bits per heavy atom. The minimum Gasteiger partial charge on any atom is -0.206 e. The Balaban J connectivity index is 1.42. The van der Waals surface area contributed by atoms with Gasteiger partial charge in [0.2, 0.25) is 0 Å². The molecule has 0 unspecified atom stereocenters. The van der Waals surface area contributed by atoms with E-state index in [-0.39, 0.29) is 11.4 Å². The van der Waals surface area contributed by atoms with Crippen molar-refractivity contribution in [1.82, 2.24) is 0 Å². The molecule has 1 aliphatic carbocycles. The zero-order valence-electron chi connectivity index (χ0n) is 22.9. The third-order valence-electron chi connectivity index (χ3n) is 8.16. The van der Waals surface area contributed by atoms with Crippen molar-refractivity contribution in [3.8, 4) is 22.3 Å². The van der Waals surface area contributed by atoms with Crippen LogP contribution in [-0.2, 0) is 6.42 Å². The highest BCUT2D eigenvalue weighted by molar-refractivity contribution is 5.71. The van der Waals surface area contributed by atoms with Gasteiger partial charge in [-0.05, 0) is 78.7 Å². The van der Waals surface area contributed by atoms with Gasteiger partial charge in [-0.2, -0.15) is 0 Å². The molecule has 0 bridgehead atoms. The summed E-state index contributed by atoms with van der Waals surface area (Å²) < 4.78 is 44.7. The molecule has 38 heavy (non-hydrogen) atoms. The summed E-state index contributed by atoms with van der Waals surface area (Å²) in [6.45, 7) is 4.33. The van der Waals surface area contributed by atoms with Gasteiger partial charge in [-0.1, -0.05) is 107 Å². The number of unbranched alkanes of at least 4 members (excludes halogenated alkanes) is 3. The van der Waals surface area contributed by atoms with Crippen LogP contribution in [0.4, 0.5) is 13.2 Å². The summed E-state index contributed by atoms with van der Waals surface area (Å²) in [5.41, 5.74) is 3.51.